The van der Waals surface area contributed by atoms with Crippen molar-refractivity contribution in [2.75, 3.05) is 26.4 Å². The second-order valence-corrected chi connectivity index (χ2v) is 3.69. The molecule has 18 heavy (non-hydrogen) atoms. The highest BCUT2D eigenvalue weighted by molar-refractivity contribution is 5.86. The molecule has 0 heterocycles. The van der Waals surface area contributed by atoms with Crippen molar-refractivity contribution < 1.29 is 19.0 Å². The van der Waals surface area contributed by atoms with Crippen LogP contribution in [0.5, 0.6) is 5.75 Å². The van der Waals surface area contributed by atoms with Crippen molar-refractivity contribution in [1.29, 1.82) is 0 Å². The van der Waals surface area contributed by atoms with E-state index in [0.717, 1.165) is 5.75 Å². The topological polar surface area (TPSA) is 44.8 Å². The number of rotatable bonds is 8. The Morgan fingerprint density at radius 2 is 1.78 bits per heavy atom. The van der Waals surface area contributed by atoms with E-state index < -0.39 is 0 Å². The molecule has 0 saturated carbocycles. The lowest BCUT2D eigenvalue weighted by atomic mass is 10.3. The van der Waals surface area contributed by atoms with Crippen molar-refractivity contribution in [3.05, 3.63) is 42.5 Å². The van der Waals surface area contributed by atoms with Gasteiger partial charge < -0.3 is 14.2 Å². The van der Waals surface area contributed by atoms with Crippen LogP contribution in [0.2, 0.25) is 0 Å². The number of benzene rings is 1. The molecular weight excluding hydrogens is 232 g/mol. The van der Waals surface area contributed by atoms with Gasteiger partial charge in [-0.1, -0.05) is 24.8 Å². The molecule has 0 saturated heterocycles. The van der Waals surface area contributed by atoms with E-state index in [4.69, 9.17) is 14.2 Å². The lowest BCUT2D eigenvalue weighted by Crippen LogP contribution is -2.13. The standard InChI is InChI=1S/C14H18O4/c1-12(2)14(15)18-11-9-16-8-10-17-13-6-4-3-5-7-13/h3-7H,1,8-11H2,2H3. The molecule has 4 heteroatoms. The molecule has 1 rings (SSSR count). The monoisotopic (exact) mass is 250 g/mol. The van der Waals surface area contributed by atoms with Gasteiger partial charge in [0.15, 0.2) is 0 Å². The normalized spacial score (nSPS) is 9.83. The summed E-state index contributed by atoms with van der Waals surface area (Å²) >= 11 is 0. The van der Waals surface area contributed by atoms with Crippen LogP contribution >= 0.6 is 0 Å². The van der Waals surface area contributed by atoms with Crippen molar-refractivity contribution in [2.45, 2.75) is 6.92 Å². The van der Waals surface area contributed by atoms with Crippen molar-refractivity contribution in [3.8, 4) is 5.75 Å². The van der Waals surface area contributed by atoms with Gasteiger partial charge in [-0.05, 0) is 19.1 Å². The van der Waals surface area contributed by atoms with Gasteiger partial charge in [-0.15, -0.1) is 0 Å². The fraction of sp³-hybridized carbons (Fsp3) is 0.357. The fourth-order valence-corrected chi connectivity index (χ4v) is 1.15. The minimum atomic E-state index is -0.390. The smallest absolute Gasteiger partial charge is 0.333 e. The molecule has 0 unspecified atom stereocenters. The molecule has 98 valence electrons. The number of carbonyl (C=O) groups excluding carboxylic acids is 1. The van der Waals surface area contributed by atoms with Crippen LogP contribution in [0.25, 0.3) is 0 Å². The molecule has 0 atom stereocenters. The van der Waals surface area contributed by atoms with Gasteiger partial charge in [0.05, 0.1) is 13.2 Å². The van der Waals surface area contributed by atoms with Crippen LogP contribution in [-0.2, 0) is 14.3 Å². The van der Waals surface area contributed by atoms with Crippen LogP contribution in [0, 0.1) is 0 Å². The molecule has 0 radical (unpaired) electrons. The fourth-order valence-electron chi connectivity index (χ4n) is 1.15. The number of esters is 1. The van der Waals surface area contributed by atoms with Gasteiger partial charge in [-0.25, -0.2) is 4.79 Å². The highest BCUT2D eigenvalue weighted by Gasteiger charge is 2.01. The van der Waals surface area contributed by atoms with Crippen LogP contribution in [-0.4, -0.2) is 32.4 Å². The molecule has 0 fully saturated rings. The van der Waals surface area contributed by atoms with Crippen molar-refractivity contribution in [1.82, 2.24) is 0 Å². The summed E-state index contributed by atoms with van der Waals surface area (Å²) in [6.07, 6.45) is 0. The summed E-state index contributed by atoms with van der Waals surface area (Å²) < 4.78 is 15.5. The Hall–Kier alpha value is -1.81. The Morgan fingerprint density at radius 1 is 1.11 bits per heavy atom. The zero-order valence-electron chi connectivity index (χ0n) is 10.6. The maximum atomic E-state index is 11.0. The molecule has 0 amide bonds. The number of para-hydroxylation sites is 1. The third-order valence-corrected chi connectivity index (χ3v) is 2.05. The van der Waals surface area contributed by atoms with Crippen molar-refractivity contribution in [3.63, 3.8) is 0 Å². The molecule has 0 aromatic heterocycles. The molecule has 0 spiro atoms. The first-order valence-corrected chi connectivity index (χ1v) is 5.78. The van der Waals surface area contributed by atoms with Gasteiger partial charge in [0, 0.05) is 5.57 Å². The first-order valence-electron chi connectivity index (χ1n) is 5.78. The highest BCUT2D eigenvalue weighted by Crippen LogP contribution is 2.07. The summed E-state index contributed by atoms with van der Waals surface area (Å²) in [5.41, 5.74) is 0.391. The molecule has 4 nitrogen and oxygen atoms in total. The summed E-state index contributed by atoms with van der Waals surface area (Å²) in [5, 5.41) is 0. The summed E-state index contributed by atoms with van der Waals surface area (Å²) in [5.74, 6) is 0.425. The van der Waals surface area contributed by atoms with E-state index in [-0.39, 0.29) is 12.6 Å². The van der Waals surface area contributed by atoms with E-state index in [0.29, 0.717) is 25.4 Å². The Kier molecular flexibility index (Phi) is 6.58. The SMILES string of the molecule is C=C(C)C(=O)OCCOCCOc1ccccc1. The largest absolute Gasteiger partial charge is 0.491 e. The van der Waals surface area contributed by atoms with Crippen LogP contribution in [0.3, 0.4) is 0 Å². The Balaban J connectivity index is 1.96. The molecule has 0 aliphatic heterocycles. The molecule has 0 bridgehead atoms. The van der Waals surface area contributed by atoms with E-state index in [1.165, 1.54) is 0 Å². The van der Waals surface area contributed by atoms with E-state index >= 15 is 0 Å². The molecule has 0 aliphatic rings. The Bertz CT molecular complexity index is 373. The maximum absolute atomic E-state index is 11.0. The number of hydrogen-bond acceptors (Lipinski definition) is 4. The van der Waals surface area contributed by atoms with Gasteiger partial charge in [0.25, 0.3) is 0 Å². The van der Waals surface area contributed by atoms with Gasteiger partial charge in [-0.2, -0.15) is 0 Å². The first-order chi connectivity index (χ1) is 8.70. The van der Waals surface area contributed by atoms with Crippen LogP contribution < -0.4 is 4.74 Å². The summed E-state index contributed by atoms with van der Waals surface area (Å²) in [7, 11) is 0. The second kappa shape index (κ2) is 8.31. The maximum Gasteiger partial charge on any atom is 0.333 e. The zero-order chi connectivity index (χ0) is 13.2. The lowest BCUT2D eigenvalue weighted by Gasteiger charge is -2.07. The average molecular weight is 250 g/mol. The van der Waals surface area contributed by atoms with Crippen molar-refractivity contribution >= 4 is 5.97 Å². The average Bonchev–Trinajstić information content (AvgIpc) is 2.38. The number of hydrogen-bond donors (Lipinski definition) is 0. The number of carbonyl (C=O) groups is 1. The predicted octanol–water partition coefficient (Wildman–Crippen LogP) is 2.20. The lowest BCUT2D eigenvalue weighted by molar-refractivity contribution is -0.140. The third kappa shape index (κ3) is 6.06. The van der Waals surface area contributed by atoms with E-state index in [2.05, 4.69) is 6.58 Å². The Morgan fingerprint density at radius 3 is 2.44 bits per heavy atom. The minimum absolute atomic E-state index is 0.233. The van der Waals surface area contributed by atoms with Crippen LogP contribution in [0.1, 0.15) is 6.92 Å². The summed E-state index contributed by atoms with van der Waals surface area (Å²) in [4.78, 5) is 11.0. The van der Waals surface area contributed by atoms with E-state index in [1.807, 2.05) is 30.3 Å². The first kappa shape index (κ1) is 14.3. The van der Waals surface area contributed by atoms with Gasteiger partial charge in [0.1, 0.15) is 19.0 Å². The minimum Gasteiger partial charge on any atom is -0.491 e. The predicted molar refractivity (Wildman–Crippen MR) is 68.5 cm³/mol. The zero-order valence-corrected chi connectivity index (χ0v) is 10.6. The van der Waals surface area contributed by atoms with Gasteiger partial charge in [0.2, 0.25) is 0 Å². The van der Waals surface area contributed by atoms with Gasteiger partial charge >= 0.3 is 5.97 Å². The molecule has 1 aromatic rings. The van der Waals surface area contributed by atoms with Gasteiger partial charge in [-0.3, -0.25) is 0 Å². The molecule has 0 N–H and O–H groups in total. The van der Waals surface area contributed by atoms with Crippen LogP contribution in [0.4, 0.5) is 0 Å². The second-order valence-electron chi connectivity index (χ2n) is 3.69. The third-order valence-electron chi connectivity index (χ3n) is 2.05. The van der Waals surface area contributed by atoms with Crippen LogP contribution in [0.15, 0.2) is 42.5 Å². The van der Waals surface area contributed by atoms with E-state index in [1.54, 1.807) is 6.92 Å². The molecular formula is C14H18O4. The molecule has 0 aliphatic carbocycles. The number of ether oxygens (including phenoxy) is 3. The summed E-state index contributed by atoms with van der Waals surface area (Å²) in [6, 6.07) is 9.52. The molecule has 1 aromatic carbocycles. The summed E-state index contributed by atoms with van der Waals surface area (Å²) in [6.45, 7) is 6.61. The highest BCUT2D eigenvalue weighted by atomic mass is 16.6. The van der Waals surface area contributed by atoms with E-state index in [9.17, 15) is 4.79 Å². The van der Waals surface area contributed by atoms with Crippen molar-refractivity contribution in [2.24, 2.45) is 0 Å². The quantitative estimate of drug-likeness (QED) is 0.403. The Labute approximate surface area is 107 Å².